The maximum atomic E-state index is 13.4. The predicted molar refractivity (Wildman–Crippen MR) is 106 cm³/mol. The molecule has 3 aromatic rings. The van der Waals surface area contributed by atoms with Crippen molar-refractivity contribution >= 4 is 11.7 Å². The Morgan fingerprint density at radius 3 is 2.90 bits per heavy atom. The van der Waals surface area contributed by atoms with Crippen molar-refractivity contribution in [2.45, 2.75) is 13.0 Å². The molecule has 8 nitrogen and oxygen atoms in total. The SMILES string of the molecule is O=C(NCc1cccnc1-n1cncn1)NCC1CCN(c2ccc(F)c(F)c2)C1. The van der Waals surface area contributed by atoms with Gasteiger partial charge in [-0.3, -0.25) is 0 Å². The first-order valence-electron chi connectivity index (χ1n) is 9.61. The van der Waals surface area contributed by atoms with Gasteiger partial charge in [0.2, 0.25) is 0 Å². The van der Waals surface area contributed by atoms with E-state index < -0.39 is 11.6 Å². The summed E-state index contributed by atoms with van der Waals surface area (Å²) in [6, 6.07) is 7.28. The molecule has 4 rings (SSSR count). The molecule has 1 unspecified atom stereocenters. The average Bonchev–Trinajstić information content (AvgIpc) is 3.45. The van der Waals surface area contributed by atoms with Gasteiger partial charge in [0.1, 0.15) is 12.7 Å². The Hall–Kier alpha value is -3.56. The minimum absolute atomic E-state index is 0.230. The van der Waals surface area contributed by atoms with Crippen molar-refractivity contribution in [1.29, 1.82) is 0 Å². The second-order valence-electron chi connectivity index (χ2n) is 7.09. The maximum Gasteiger partial charge on any atom is 0.315 e. The van der Waals surface area contributed by atoms with Crippen LogP contribution in [0.5, 0.6) is 0 Å². The summed E-state index contributed by atoms with van der Waals surface area (Å²) < 4.78 is 28.1. The van der Waals surface area contributed by atoms with Crippen molar-refractivity contribution in [1.82, 2.24) is 30.4 Å². The molecule has 0 aliphatic carbocycles. The van der Waals surface area contributed by atoms with Crippen molar-refractivity contribution < 1.29 is 13.6 Å². The third kappa shape index (κ3) is 4.53. The fraction of sp³-hybridized carbons (Fsp3) is 0.300. The van der Waals surface area contributed by atoms with E-state index >= 15 is 0 Å². The molecule has 30 heavy (non-hydrogen) atoms. The van der Waals surface area contributed by atoms with Gasteiger partial charge in [0.05, 0.1) is 0 Å². The van der Waals surface area contributed by atoms with Crippen LogP contribution in [-0.4, -0.2) is 45.4 Å². The Morgan fingerprint density at radius 2 is 2.10 bits per heavy atom. The van der Waals surface area contributed by atoms with Crippen LogP contribution in [0.25, 0.3) is 5.82 Å². The Labute approximate surface area is 171 Å². The van der Waals surface area contributed by atoms with Gasteiger partial charge in [-0.2, -0.15) is 5.10 Å². The van der Waals surface area contributed by atoms with Gasteiger partial charge in [0.25, 0.3) is 0 Å². The number of amides is 2. The Morgan fingerprint density at radius 1 is 1.20 bits per heavy atom. The fourth-order valence-corrected chi connectivity index (χ4v) is 3.48. The summed E-state index contributed by atoms with van der Waals surface area (Å²) in [7, 11) is 0. The highest BCUT2D eigenvalue weighted by molar-refractivity contribution is 5.73. The van der Waals surface area contributed by atoms with Gasteiger partial charge in [-0.1, -0.05) is 6.07 Å². The molecule has 3 heterocycles. The molecule has 1 aromatic carbocycles. The number of hydrogen-bond donors (Lipinski definition) is 2. The lowest BCUT2D eigenvalue weighted by Crippen LogP contribution is -2.38. The van der Waals surface area contributed by atoms with E-state index in [2.05, 4.69) is 25.7 Å². The van der Waals surface area contributed by atoms with Gasteiger partial charge in [-0.25, -0.2) is 28.2 Å². The van der Waals surface area contributed by atoms with Gasteiger partial charge < -0.3 is 15.5 Å². The third-order valence-corrected chi connectivity index (χ3v) is 5.05. The Balaban J connectivity index is 1.26. The van der Waals surface area contributed by atoms with Crippen molar-refractivity contribution in [3.8, 4) is 5.82 Å². The lowest BCUT2D eigenvalue weighted by molar-refractivity contribution is 0.239. The molecule has 0 bridgehead atoms. The number of rotatable bonds is 6. The Bertz CT molecular complexity index is 1010. The standard InChI is InChI=1S/C20H21F2N7O/c21-17-4-3-16(8-18(17)22)28-7-5-14(11-28)9-25-20(30)26-10-15-2-1-6-24-19(15)29-13-23-12-27-29/h1-4,6,8,12-14H,5,7,9-11H2,(H2,25,26,30). The topological polar surface area (TPSA) is 88.0 Å². The maximum absolute atomic E-state index is 13.4. The predicted octanol–water partition coefficient (Wildman–Crippen LogP) is 2.27. The highest BCUT2D eigenvalue weighted by Gasteiger charge is 2.23. The van der Waals surface area contributed by atoms with E-state index in [1.54, 1.807) is 29.3 Å². The largest absolute Gasteiger partial charge is 0.371 e. The second kappa shape index (κ2) is 8.85. The summed E-state index contributed by atoms with van der Waals surface area (Å²) in [4.78, 5) is 22.4. The summed E-state index contributed by atoms with van der Waals surface area (Å²) >= 11 is 0. The highest BCUT2D eigenvalue weighted by Crippen LogP contribution is 2.25. The summed E-state index contributed by atoms with van der Waals surface area (Å²) in [5.41, 5.74) is 1.46. The number of aromatic nitrogens is 4. The number of benzene rings is 1. The first-order chi connectivity index (χ1) is 14.6. The van der Waals surface area contributed by atoms with Gasteiger partial charge in [-0.05, 0) is 30.5 Å². The fourth-order valence-electron chi connectivity index (χ4n) is 3.48. The summed E-state index contributed by atoms with van der Waals surface area (Å²) in [6.45, 7) is 2.19. The molecule has 2 N–H and O–H groups in total. The molecule has 0 spiro atoms. The molecular formula is C20H21F2N7O. The minimum Gasteiger partial charge on any atom is -0.371 e. The molecule has 156 valence electrons. The van der Waals surface area contributed by atoms with Crippen LogP contribution < -0.4 is 15.5 Å². The van der Waals surface area contributed by atoms with Crippen LogP contribution in [0.4, 0.5) is 19.3 Å². The van der Waals surface area contributed by atoms with Crippen LogP contribution in [0, 0.1) is 17.6 Å². The number of anilines is 1. The molecule has 1 saturated heterocycles. The molecule has 10 heteroatoms. The number of urea groups is 1. The van der Waals surface area contributed by atoms with Crippen LogP contribution >= 0.6 is 0 Å². The molecule has 0 radical (unpaired) electrons. The first kappa shape index (κ1) is 19.7. The van der Waals surface area contributed by atoms with Gasteiger partial charge in [-0.15, -0.1) is 0 Å². The molecular weight excluding hydrogens is 392 g/mol. The quantitative estimate of drug-likeness (QED) is 0.647. The zero-order valence-electron chi connectivity index (χ0n) is 16.1. The number of hydrogen-bond acceptors (Lipinski definition) is 5. The highest BCUT2D eigenvalue weighted by atomic mass is 19.2. The zero-order chi connectivity index (χ0) is 20.9. The molecule has 2 amide bonds. The Kier molecular flexibility index (Phi) is 5.82. The molecule has 0 saturated carbocycles. The van der Waals surface area contributed by atoms with E-state index in [4.69, 9.17) is 0 Å². The third-order valence-electron chi connectivity index (χ3n) is 5.05. The number of carbonyl (C=O) groups excluding carboxylic acids is 1. The van der Waals surface area contributed by atoms with Crippen molar-refractivity contribution in [2.24, 2.45) is 5.92 Å². The molecule has 1 fully saturated rings. The van der Waals surface area contributed by atoms with Crippen LogP contribution in [0.2, 0.25) is 0 Å². The van der Waals surface area contributed by atoms with Crippen LogP contribution in [0.15, 0.2) is 49.2 Å². The molecule has 1 atom stereocenters. The lowest BCUT2D eigenvalue weighted by Gasteiger charge is -2.19. The van der Waals surface area contributed by atoms with E-state index in [0.717, 1.165) is 24.6 Å². The van der Waals surface area contributed by atoms with E-state index in [0.29, 0.717) is 31.1 Å². The van der Waals surface area contributed by atoms with Crippen molar-refractivity contribution in [3.63, 3.8) is 0 Å². The van der Waals surface area contributed by atoms with Crippen LogP contribution in [0.3, 0.4) is 0 Å². The molecule has 2 aromatic heterocycles. The number of nitrogens with one attached hydrogen (secondary N) is 2. The monoisotopic (exact) mass is 413 g/mol. The van der Waals surface area contributed by atoms with Crippen molar-refractivity contribution in [3.05, 3.63) is 66.4 Å². The normalized spacial score (nSPS) is 15.9. The average molecular weight is 413 g/mol. The van der Waals surface area contributed by atoms with Crippen molar-refractivity contribution in [2.75, 3.05) is 24.5 Å². The summed E-state index contributed by atoms with van der Waals surface area (Å²) in [6.07, 6.45) is 5.48. The number of pyridine rings is 1. The van der Waals surface area contributed by atoms with E-state index in [-0.39, 0.29) is 11.9 Å². The smallest absolute Gasteiger partial charge is 0.315 e. The number of nitrogens with zero attached hydrogens (tertiary/aromatic N) is 5. The van der Waals surface area contributed by atoms with Gasteiger partial charge in [0.15, 0.2) is 17.5 Å². The second-order valence-corrected chi connectivity index (χ2v) is 7.09. The summed E-state index contributed by atoms with van der Waals surface area (Å²) in [5.74, 6) is -0.872. The van der Waals surface area contributed by atoms with Gasteiger partial charge in [0, 0.05) is 49.7 Å². The van der Waals surface area contributed by atoms with E-state index in [1.807, 2.05) is 11.0 Å². The molecule has 1 aliphatic rings. The van der Waals surface area contributed by atoms with Gasteiger partial charge >= 0.3 is 6.03 Å². The minimum atomic E-state index is -0.853. The molecule has 1 aliphatic heterocycles. The summed E-state index contributed by atoms with van der Waals surface area (Å²) in [5, 5.41) is 9.77. The van der Waals surface area contributed by atoms with E-state index in [1.165, 1.54) is 12.4 Å². The van der Waals surface area contributed by atoms with Crippen LogP contribution in [-0.2, 0) is 6.54 Å². The number of halogens is 2. The van der Waals surface area contributed by atoms with Crippen LogP contribution in [0.1, 0.15) is 12.0 Å². The lowest BCUT2D eigenvalue weighted by atomic mass is 10.1. The number of carbonyl (C=O) groups is 1. The first-order valence-corrected chi connectivity index (χ1v) is 9.61. The van der Waals surface area contributed by atoms with E-state index in [9.17, 15) is 13.6 Å². The zero-order valence-corrected chi connectivity index (χ0v) is 16.1.